The SMILES string of the molecule is O=c1ccc(Br)cn1CC1COc2ccccc21. The third-order valence-corrected chi connectivity index (χ3v) is 3.63. The molecule has 0 radical (unpaired) electrons. The molecule has 1 atom stereocenters. The average molecular weight is 306 g/mol. The molecular formula is C14H12BrNO2. The van der Waals surface area contributed by atoms with Crippen LogP contribution in [0, 0.1) is 0 Å². The maximum atomic E-state index is 11.8. The molecule has 1 unspecified atom stereocenters. The van der Waals surface area contributed by atoms with Gasteiger partial charge in [0.05, 0.1) is 6.61 Å². The predicted octanol–water partition coefficient (Wildman–Crippen LogP) is 2.79. The summed E-state index contributed by atoms with van der Waals surface area (Å²) in [7, 11) is 0. The Hall–Kier alpha value is -1.55. The third-order valence-electron chi connectivity index (χ3n) is 3.16. The van der Waals surface area contributed by atoms with Gasteiger partial charge in [0, 0.05) is 34.8 Å². The molecule has 0 amide bonds. The molecular weight excluding hydrogens is 294 g/mol. The van der Waals surface area contributed by atoms with Crippen molar-refractivity contribution in [1.82, 2.24) is 4.57 Å². The number of fused-ring (bicyclic) bond motifs is 1. The minimum absolute atomic E-state index is 0.0163. The number of aromatic nitrogens is 1. The lowest BCUT2D eigenvalue weighted by molar-refractivity contribution is 0.318. The molecule has 1 aromatic carbocycles. The molecule has 0 spiro atoms. The number of rotatable bonds is 2. The average Bonchev–Trinajstić information content (AvgIpc) is 2.78. The maximum Gasteiger partial charge on any atom is 0.250 e. The van der Waals surface area contributed by atoms with Crippen LogP contribution in [-0.2, 0) is 6.54 Å². The fourth-order valence-electron chi connectivity index (χ4n) is 2.26. The van der Waals surface area contributed by atoms with Crippen LogP contribution in [0.1, 0.15) is 11.5 Å². The van der Waals surface area contributed by atoms with Gasteiger partial charge in [0.25, 0.3) is 5.56 Å². The third kappa shape index (κ3) is 2.08. The highest BCUT2D eigenvalue weighted by atomic mass is 79.9. The first-order valence-corrected chi connectivity index (χ1v) is 6.61. The van der Waals surface area contributed by atoms with Crippen molar-refractivity contribution in [2.24, 2.45) is 0 Å². The van der Waals surface area contributed by atoms with Crippen molar-refractivity contribution < 1.29 is 4.74 Å². The Morgan fingerprint density at radius 3 is 3.00 bits per heavy atom. The van der Waals surface area contributed by atoms with Gasteiger partial charge < -0.3 is 9.30 Å². The van der Waals surface area contributed by atoms with E-state index in [-0.39, 0.29) is 11.5 Å². The van der Waals surface area contributed by atoms with E-state index >= 15 is 0 Å². The van der Waals surface area contributed by atoms with Crippen molar-refractivity contribution >= 4 is 15.9 Å². The van der Waals surface area contributed by atoms with Crippen LogP contribution in [0.25, 0.3) is 0 Å². The number of hydrogen-bond acceptors (Lipinski definition) is 2. The lowest BCUT2D eigenvalue weighted by Gasteiger charge is -2.11. The molecule has 0 saturated carbocycles. The van der Waals surface area contributed by atoms with Gasteiger partial charge in [0.1, 0.15) is 5.75 Å². The van der Waals surface area contributed by atoms with Crippen LogP contribution in [0.5, 0.6) is 5.75 Å². The number of ether oxygens (including phenoxy) is 1. The van der Waals surface area contributed by atoms with Gasteiger partial charge in [-0.25, -0.2) is 0 Å². The summed E-state index contributed by atoms with van der Waals surface area (Å²) in [6.07, 6.45) is 1.82. The minimum atomic E-state index is 0.0163. The first kappa shape index (κ1) is 11.5. The van der Waals surface area contributed by atoms with Crippen LogP contribution in [0.3, 0.4) is 0 Å². The largest absolute Gasteiger partial charge is 0.493 e. The van der Waals surface area contributed by atoms with Gasteiger partial charge in [-0.3, -0.25) is 4.79 Å². The quantitative estimate of drug-likeness (QED) is 0.854. The topological polar surface area (TPSA) is 31.2 Å². The van der Waals surface area contributed by atoms with Gasteiger partial charge >= 0.3 is 0 Å². The Morgan fingerprint density at radius 1 is 1.28 bits per heavy atom. The molecule has 0 fully saturated rings. The maximum absolute atomic E-state index is 11.8. The molecule has 0 N–H and O–H groups in total. The van der Waals surface area contributed by atoms with Crippen molar-refractivity contribution in [2.45, 2.75) is 12.5 Å². The summed E-state index contributed by atoms with van der Waals surface area (Å²) in [6.45, 7) is 1.29. The highest BCUT2D eigenvalue weighted by Crippen LogP contribution is 2.34. The van der Waals surface area contributed by atoms with Crippen molar-refractivity contribution in [3.05, 3.63) is 63.0 Å². The Labute approximate surface area is 113 Å². The molecule has 1 aliphatic heterocycles. The predicted molar refractivity (Wildman–Crippen MR) is 73.1 cm³/mol. The van der Waals surface area contributed by atoms with Crippen LogP contribution < -0.4 is 10.3 Å². The smallest absolute Gasteiger partial charge is 0.250 e. The fourth-order valence-corrected chi connectivity index (χ4v) is 2.64. The monoisotopic (exact) mass is 305 g/mol. The number of para-hydroxylation sites is 1. The number of halogens is 1. The summed E-state index contributed by atoms with van der Waals surface area (Å²) >= 11 is 3.39. The fraction of sp³-hybridized carbons (Fsp3) is 0.214. The molecule has 1 aromatic heterocycles. The van der Waals surface area contributed by atoms with Crippen molar-refractivity contribution in [1.29, 1.82) is 0 Å². The molecule has 0 bridgehead atoms. The summed E-state index contributed by atoms with van der Waals surface area (Å²) in [4.78, 5) is 11.8. The molecule has 3 rings (SSSR count). The summed E-state index contributed by atoms with van der Waals surface area (Å²) in [5.41, 5.74) is 1.20. The Bertz CT molecular complexity index is 636. The van der Waals surface area contributed by atoms with Crippen molar-refractivity contribution in [2.75, 3.05) is 6.61 Å². The second-order valence-corrected chi connectivity index (χ2v) is 5.30. The standard InChI is InChI=1S/C14H12BrNO2/c15-11-5-6-14(17)16(8-11)7-10-9-18-13-4-2-1-3-12(10)13/h1-6,8,10H,7,9H2. The van der Waals surface area contributed by atoms with Gasteiger partial charge in [0.15, 0.2) is 0 Å². The molecule has 2 heterocycles. The van der Waals surface area contributed by atoms with E-state index in [0.717, 1.165) is 10.2 Å². The van der Waals surface area contributed by atoms with Crippen LogP contribution in [0.2, 0.25) is 0 Å². The molecule has 0 saturated heterocycles. The van der Waals surface area contributed by atoms with Gasteiger partial charge in [0.2, 0.25) is 0 Å². The number of hydrogen-bond donors (Lipinski definition) is 0. The van der Waals surface area contributed by atoms with E-state index in [1.54, 1.807) is 16.7 Å². The van der Waals surface area contributed by atoms with E-state index in [2.05, 4.69) is 22.0 Å². The second kappa shape index (κ2) is 4.61. The van der Waals surface area contributed by atoms with Crippen LogP contribution >= 0.6 is 15.9 Å². The number of benzene rings is 1. The first-order valence-electron chi connectivity index (χ1n) is 5.82. The summed E-state index contributed by atoms with van der Waals surface area (Å²) in [5, 5.41) is 0. The number of pyridine rings is 1. The Morgan fingerprint density at radius 2 is 2.11 bits per heavy atom. The van der Waals surface area contributed by atoms with Crippen LogP contribution in [0.4, 0.5) is 0 Å². The minimum Gasteiger partial charge on any atom is -0.493 e. The summed E-state index contributed by atoms with van der Waals surface area (Å²) in [5.74, 6) is 1.18. The lowest BCUT2D eigenvalue weighted by Crippen LogP contribution is -2.22. The highest BCUT2D eigenvalue weighted by molar-refractivity contribution is 9.10. The van der Waals surface area contributed by atoms with E-state index in [1.165, 1.54) is 5.56 Å². The number of nitrogens with zero attached hydrogens (tertiary/aromatic N) is 1. The van der Waals surface area contributed by atoms with E-state index in [0.29, 0.717) is 13.2 Å². The summed E-state index contributed by atoms with van der Waals surface area (Å²) < 4.78 is 8.26. The zero-order valence-electron chi connectivity index (χ0n) is 9.67. The van der Waals surface area contributed by atoms with E-state index < -0.39 is 0 Å². The van der Waals surface area contributed by atoms with Gasteiger partial charge in [-0.2, -0.15) is 0 Å². The molecule has 2 aromatic rings. The van der Waals surface area contributed by atoms with Crippen LogP contribution in [-0.4, -0.2) is 11.2 Å². The highest BCUT2D eigenvalue weighted by Gasteiger charge is 2.24. The van der Waals surface area contributed by atoms with Crippen molar-refractivity contribution in [3.63, 3.8) is 0 Å². The molecule has 4 heteroatoms. The van der Waals surface area contributed by atoms with Crippen molar-refractivity contribution in [3.8, 4) is 5.75 Å². The Kier molecular flexibility index (Phi) is 2.96. The molecule has 18 heavy (non-hydrogen) atoms. The van der Waals surface area contributed by atoms with E-state index in [4.69, 9.17) is 4.74 Å². The lowest BCUT2D eigenvalue weighted by atomic mass is 10.0. The molecule has 3 nitrogen and oxygen atoms in total. The molecule has 0 aliphatic carbocycles. The molecule has 1 aliphatic rings. The van der Waals surface area contributed by atoms with Gasteiger partial charge in [-0.1, -0.05) is 18.2 Å². The van der Waals surface area contributed by atoms with E-state index in [1.807, 2.05) is 24.4 Å². The zero-order chi connectivity index (χ0) is 12.5. The van der Waals surface area contributed by atoms with Gasteiger partial charge in [-0.05, 0) is 28.1 Å². The normalized spacial score (nSPS) is 17.3. The molecule has 92 valence electrons. The van der Waals surface area contributed by atoms with Crippen LogP contribution in [0.15, 0.2) is 51.9 Å². The first-order chi connectivity index (χ1) is 8.74. The zero-order valence-corrected chi connectivity index (χ0v) is 11.3. The second-order valence-electron chi connectivity index (χ2n) is 4.38. The Balaban J connectivity index is 1.91. The summed E-state index contributed by atoms with van der Waals surface area (Å²) in [6, 6.07) is 11.3. The van der Waals surface area contributed by atoms with E-state index in [9.17, 15) is 4.79 Å². The van der Waals surface area contributed by atoms with Gasteiger partial charge in [-0.15, -0.1) is 0 Å².